The first-order chi connectivity index (χ1) is 6.00. The Labute approximate surface area is 76.2 Å². The molecule has 0 saturated carbocycles. The maximum Gasteiger partial charge on any atom is 0.320 e. The third-order valence-corrected chi connectivity index (χ3v) is 1.87. The zero-order valence-corrected chi connectivity index (χ0v) is 7.69. The number of nitrogens with two attached hydrogens (primary N) is 1. The van der Waals surface area contributed by atoms with Gasteiger partial charge in [0.15, 0.2) is 0 Å². The molecule has 13 heavy (non-hydrogen) atoms. The lowest BCUT2D eigenvalue weighted by atomic mass is 10.1. The summed E-state index contributed by atoms with van der Waals surface area (Å²) in [6, 6.07) is -0.845. The monoisotopic (exact) mass is 183 g/mol. The van der Waals surface area contributed by atoms with Crippen LogP contribution in [0, 0.1) is 6.92 Å². The van der Waals surface area contributed by atoms with Gasteiger partial charge in [0.05, 0.1) is 5.69 Å². The number of carboxylic acid groups (broad SMARTS) is 1. The highest BCUT2D eigenvalue weighted by Gasteiger charge is 2.14. The summed E-state index contributed by atoms with van der Waals surface area (Å²) < 4.78 is 1.65. The zero-order valence-electron chi connectivity index (χ0n) is 7.69. The number of carbonyl (C=O) groups is 1. The lowest BCUT2D eigenvalue weighted by Crippen LogP contribution is -2.32. The molecule has 1 rings (SSSR count). The van der Waals surface area contributed by atoms with Crippen LogP contribution < -0.4 is 5.73 Å². The van der Waals surface area contributed by atoms with Crippen molar-refractivity contribution in [1.29, 1.82) is 0 Å². The van der Waals surface area contributed by atoms with Gasteiger partial charge in [-0.25, -0.2) is 0 Å². The van der Waals surface area contributed by atoms with Crippen LogP contribution in [0.25, 0.3) is 0 Å². The normalized spacial score (nSPS) is 12.8. The molecule has 0 bridgehead atoms. The van der Waals surface area contributed by atoms with Crippen LogP contribution in [0.2, 0.25) is 0 Å². The number of carboxylic acids is 1. The number of aromatic nitrogens is 2. The van der Waals surface area contributed by atoms with E-state index in [0.29, 0.717) is 6.42 Å². The predicted molar refractivity (Wildman–Crippen MR) is 47.3 cm³/mol. The molecule has 0 aliphatic carbocycles. The second kappa shape index (κ2) is 3.57. The lowest BCUT2D eigenvalue weighted by molar-refractivity contribution is -0.138. The van der Waals surface area contributed by atoms with E-state index >= 15 is 0 Å². The molecule has 1 heterocycles. The fourth-order valence-electron chi connectivity index (χ4n) is 1.17. The average molecular weight is 183 g/mol. The third-order valence-electron chi connectivity index (χ3n) is 1.87. The molecule has 0 spiro atoms. The smallest absolute Gasteiger partial charge is 0.320 e. The molecule has 3 N–H and O–H groups in total. The van der Waals surface area contributed by atoms with E-state index in [0.717, 1.165) is 11.3 Å². The second-order valence-corrected chi connectivity index (χ2v) is 3.06. The first-order valence-corrected chi connectivity index (χ1v) is 3.98. The molecule has 1 aromatic rings. The molecule has 0 amide bonds. The Bertz CT molecular complexity index is 319. The first kappa shape index (κ1) is 9.73. The van der Waals surface area contributed by atoms with E-state index in [1.54, 1.807) is 17.9 Å². The van der Waals surface area contributed by atoms with Gasteiger partial charge in [0.2, 0.25) is 0 Å². The fourth-order valence-corrected chi connectivity index (χ4v) is 1.17. The summed E-state index contributed by atoms with van der Waals surface area (Å²) in [6.07, 6.45) is 2.12. The van der Waals surface area contributed by atoms with Crippen LogP contribution in [0.1, 0.15) is 11.3 Å². The molecule has 0 saturated heterocycles. The Morgan fingerprint density at radius 2 is 2.46 bits per heavy atom. The van der Waals surface area contributed by atoms with Crippen LogP contribution in [0.3, 0.4) is 0 Å². The number of aliphatic carboxylic acids is 1. The van der Waals surface area contributed by atoms with Gasteiger partial charge in [-0.15, -0.1) is 0 Å². The van der Waals surface area contributed by atoms with Crippen LogP contribution in [-0.2, 0) is 18.3 Å². The Kier molecular flexibility index (Phi) is 2.67. The summed E-state index contributed by atoms with van der Waals surface area (Å²) in [5.41, 5.74) is 7.11. The van der Waals surface area contributed by atoms with Crippen molar-refractivity contribution in [3.05, 3.63) is 17.5 Å². The molecular formula is C8H13N3O2. The van der Waals surface area contributed by atoms with Gasteiger partial charge < -0.3 is 10.8 Å². The molecule has 0 fully saturated rings. The minimum absolute atomic E-state index is 0.328. The van der Waals surface area contributed by atoms with E-state index in [1.165, 1.54) is 0 Å². The van der Waals surface area contributed by atoms with Gasteiger partial charge in [0, 0.05) is 19.7 Å². The highest BCUT2D eigenvalue weighted by molar-refractivity contribution is 5.73. The lowest BCUT2D eigenvalue weighted by Gasteiger charge is -2.03. The van der Waals surface area contributed by atoms with Gasteiger partial charge in [0.1, 0.15) is 6.04 Å². The van der Waals surface area contributed by atoms with Crippen molar-refractivity contribution in [2.75, 3.05) is 0 Å². The van der Waals surface area contributed by atoms with Gasteiger partial charge in [-0.1, -0.05) is 0 Å². The molecule has 5 heteroatoms. The number of aryl methyl sites for hydroxylation is 2. The van der Waals surface area contributed by atoms with E-state index in [4.69, 9.17) is 10.8 Å². The molecule has 5 nitrogen and oxygen atoms in total. The molecule has 1 aromatic heterocycles. The summed E-state index contributed by atoms with van der Waals surface area (Å²) in [6.45, 7) is 1.84. The zero-order chi connectivity index (χ0) is 10.0. The molecule has 0 radical (unpaired) electrons. The van der Waals surface area contributed by atoms with Crippen molar-refractivity contribution in [2.45, 2.75) is 19.4 Å². The Morgan fingerprint density at radius 1 is 1.85 bits per heavy atom. The third kappa shape index (κ3) is 2.29. The average Bonchev–Trinajstić information content (AvgIpc) is 2.30. The molecule has 0 unspecified atom stereocenters. The van der Waals surface area contributed by atoms with Gasteiger partial charge >= 0.3 is 5.97 Å². The summed E-state index contributed by atoms with van der Waals surface area (Å²) in [7, 11) is 1.79. The van der Waals surface area contributed by atoms with Gasteiger partial charge in [0.25, 0.3) is 0 Å². The van der Waals surface area contributed by atoms with E-state index < -0.39 is 12.0 Å². The topological polar surface area (TPSA) is 81.1 Å². The van der Waals surface area contributed by atoms with E-state index in [1.807, 2.05) is 6.92 Å². The number of hydrogen-bond donors (Lipinski definition) is 2. The number of nitrogens with zero attached hydrogens (tertiary/aromatic N) is 2. The van der Waals surface area contributed by atoms with Gasteiger partial charge in [-0.2, -0.15) is 5.10 Å². The fraction of sp³-hybridized carbons (Fsp3) is 0.500. The Hall–Kier alpha value is -1.36. The van der Waals surface area contributed by atoms with Crippen molar-refractivity contribution in [3.63, 3.8) is 0 Å². The maximum atomic E-state index is 10.5. The first-order valence-electron chi connectivity index (χ1n) is 3.98. The Balaban J connectivity index is 2.74. The van der Waals surface area contributed by atoms with Crippen LogP contribution in [0.5, 0.6) is 0 Å². The van der Waals surface area contributed by atoms with Gasteiger partial charge in [-0.3, -0.25) is 9.48 Å². The van der Waals surface area contributed by atoms with Crippen LogP contribution in [-0.4, -0.2) is 26.9 Å². The van der Waals surface area contributed by atoms with Crippen molar-refractivity contribution in [2.24, 2.45) is 12.8 Å². The molecule has 72 valence electrons. The molecular weight excluding hydrogens is 170 g/mol. The molecule has 0 aliphatic heterocycles. The molecule has 0 aliphatic rings. The highest BCUT2D eigenvalue weighted by atomic mass is 16.4. The molecule has 0 aromatic carbocycles. The number of rotatable bonds is 3. The van der Waals surface area contributed by atoms with E-state index in [9.17, 15) is 4.79 Å². The predicted octanol–water partition coefficient (Wildman–Crippen LogP) is -0.317. The molecule has 1 atom stereocenters. The van der Waals surface area contributed by atoms with Crippen LogP contribution in [0.4, 0.5) is 0 Å². The summed E-state index contributed by atoms with van der Waals surface area (Å²) in [5, 5.41) is 12.7. The van der Waals surface area contributed by atoms with Crippen molar-refractivity contribution in [3.8, 4) is 0 Å². The minimum atomic E-state index is -0.983. The summed E-state index contributed by atoms with van der Waals surface area (Å²) >= 11 is 0. The van der Waals surface area contributed by atoms with Crippen molar-refractivity contribution in [1.82, 2.24) is 9.78 Å². The quantitative estimate of drug-likeness (QED) is 0.673. The summed E-state index contributed by atoms with van der Waals surface area (Å²) in [4.78, 5) is 10.5. The standard InChI is InChI=1S/C8H13N3O2/c1-5-6(4-11(2)10-5)3-7(9)8(12)13/h4,7H,3,9H2,1-2H3,(H,12,13)/t7-/m1/s1. The number of hydrogen-bond acceptors (Lipinski definition) is 3. The van der Waals surface area contributed by atoms with E-state index in [-0.39, 0.29) is 0 Å². The summed E-state index contributed by atoms with van der Waals surface area (Å²) in [5.74, 6) is -0.983. The minimum Gasteiger partial charge on any atom is -0.480 e. The van der Waals surface area contributed by atoms with E-state index in [2.05, 4.69) is 5.10 Å². The maximum absolute atomic E-state index is 10.5. The van der Waals surface area contributed by atoms with Crippen LogP contribution in [0.15, 0.2) is 6.20 Å². The van der Waals surface area contributed by atoms with Crippen molar-refractivity contribution >= 4 is 5.97 Å². The SMILES string of the molecule is Cc1nn(C)cc1C[C@@H](N)C(=O)O. The Morgan fingerprint density at radius 3 is 2.85 bits per heavy atom. The van der Waals surface area contributed by atoms with Crippen LogP contribution >= 0.6 is 0 Å². The largest absolute Gasteiger partial charge is 0.480 e. The van der Waals surface area contributed by atoms with Gasteiger partial charge in [-0.05, 0) is 12.5 Å². The highest BCUT2D eigenvalue weighted by Crippen LogP contribution is 2.06. The van der Waals surface area contributed by atoms with Crippen molar-refractivity contribution < 1.29 is 9.90 Å². The second-order valence-electron chi connectivity index (χ2n) is 3.06.